The summed E-state index contributed by atoms with van der Waals surface area (Å²) in [6.07, 6.45) is 5.88. The quantitative estimate of drug-likeness (QED) is 0.872. The molecule has 0 spiro atoms. The third-order valence-corrected chi connectivity index (χ3v) is 3.91. The molecule has 2 rings (SSSR count). The predicted molar refractivity (Wildman–Crippen MR) is 66.9 cm³/mol. The summed E-state index contributed by atoms with van der Waals surface area (Å²) in [6, 6.07) is 3.69. The minimum absolute atomic E-state index is 0.337. The van der Waals surface area contributed by atoms with Crippen molar-refractivity contribution in [3.63, 3.8) is 0 Å². The fraction of sp³-hybridized carbons (Fsp3) is 0.643. The van der Waals surface area contributed by atoms with Crippen LogP contribution in [0.3, 0.4) is 0 Å². The van der Waals surface area contributed by atoms with Crippen LogP contribution in [0.4, 0.5) is 0 Å². The molecule has 3 heteroatoms. The maximum atomic E-state index is 10.4. The van der Waals surface area contributed by atoms with Crippen molar-refractivity contribution in [1.82, 2.24) is 4.98 Å². The summed E-state index contributed by atoms with van der Waals surface area (Å²) < 4.78 is 5.26. The lowest BCUT2D eigenvalue weighted by molar-refractivity contribution is 0.102. The van der Waals surface area contributed by atoms with Gasteiger partial charge in [0.25, 0.3) is 0 Å². The van der Waals surface area contributed by atoms with Crippen LogP contribution in [0.2, 0.25) is 0 Å². The number of methoxy groups -OCH3 is 1. The number of hydrogen-bond donors (Lipinski definition) is 1. The summed E-state index contributed by atoms with van der Waals surface area (Å²) in [7, 11) is 1.62. The molecule has 1 aromatic rings. The molecule has 0 aliphatic heterocycles. The molecule has 0 saturated heterocycles. The van der Waals surface area contributed by atoms with Gasteiger partial charge in [-0.3, -0.25) is 4.98 Å². The minimum Gasteiger partial charge on any atom is -0.495 e. The fourth-order valence-electron chi connectivity index (χ4n) is 2.79. The number of ether oxygens (including phenoxy) is 1. The fourth-order valence-corrected chi connectivity index (χ4v) is 2.79. The van der Waals surface area contributed by atoms with Gasteiger partial charge in [0, 0.05) is 6.20 Å². The molecular weight excluding hydrogens is 214 g/mol. The molecule has 1 aliphatic rings. The number of rotatable bonds is 4. The number of pyridine rings is 1. The second kappa shape index (κ2) is 5.50. The van der Waals surface area contributed by atoms with Gasteiger partial charge in [0.15, 0.2) is 0 Å². The molecule has 1 aromatic heterocycles. The molecule has 0 amide bonds. The summed E-state index contributed by atoms with van der Waals surface area (Å²) in [6.45, 7) is 2.22. The molecule has 17 heavy (non-hydrogen) atoms. The van der Waals surface area contributed by atoms with Gasteiger partial charge in [0.2, 0.25) is 0 Å². The van der Waals surface area contributed by atoms with E-state index in [4.69, 9.17) is 4.74 Å². The summed E-state index contributed by atoms with van der Waals surface area (Å²) in [4.78, 5) is 4.27. The topological polar surface area (TPSA) is 42.4 Å². The summed E-state index contributed by atoms with van der Waals surface area (Å²) in [5, 5.41) is 10.4. The Hall–Kier alpha value is -1.09. The first-order chi connectivity index (χ1) is 8.26. The first kappa shape index (κ1) is 12.4. The summed E-state index contributed by atoms with van der Waals surface area (Å²) in [5.74, 6) is 1.80. The van der Waals surface area contributed by atoms with Crippen LogP contribution >= 0.6 is 0 Å². The second-order valence-corrected chi connectivity index (χ2v) is 4.88. The van der Waals surface area contributed by atoms with Gasteiger partial charge in [-0.15, -0.1) is 0 Å². The Balaban J connectivity index is 2.11. The molecule has 94 valence electrons. The molecule has 1 N–H and O–H groups in total. The van der Waals surface area contributed by atoms with Crippen molar-refractivity contribution in [2.45, 2.75) is 38.7 Å². The number of aliphatic hydroxyl groups is 1. The zero-order valence-electron chi connectivity index (χ0n) is 10.6. The van der Waals surface area contributed by atoms with Crippen molar-refractivity contribution in [2.24, 2.45) is 11.8 Å². The van der Waals surface area contributed by atoms with E-state index in [0.717, 1.165) is 18.8 Å². The monoisotopic (exact) mass is 235 g/mol. The lowest BCUT2D eigenvalue weighted by Gasteiger charge is -2.19. The molecule has 0 bridgehead atoms. The largest absolute Gasteiger partial charge is 0.495 e. The van der Waals surface area contributed by atoms with E-state index in [-0.39, 0.29) is 0 Å². The van der Waals surface area contributed by atoms with Crippen LogP contribution in [-0.4, -0.2) is 17.2 Å². The van der Waals surface area contributed by atoms with E-state index in [2.05, 4.69) is 11.9 Å². The molecule has 0 aromatic carbocycles. The first-order valence-corrected chi connectivity index (χ1v) is 6.43. The molecule has 1 saturated carbocycles. The third kappa shape index (κ3) is 2.60. The van der Waals surface area contributed by atoms with Gasteiger partial charge in [-0.1, -0.05) is 19.8 Å². The van der Waals surface area contributed by atoms with Crippen molar-refractivity contribution in [3.05, 3.63) is 24.0 Å². The summed E-state index contributed by atoms with van der Waals surface area (Å²) in [5.41, 5.74) is 0.691. The molecule has 3 unspecified atom stereocenters. The van der Waals surface area contributed by atoms with Crippen molar-refractivity contribution in [2.75, 3.05) is 7.11 Å². The Morgan fingerprint density at radius 3 is 3.00 bits per heavy atom. The van der Waals surface area contributed by atoms with Crippen molar-refractivity contribution in [1.29, 1.82) is 0 Å². The van der Waals surface area contributed by atoms with Gasteiger partial charge >= 0.3 is 0 Å². The van der Waals surface area contributed by atoms with Gasteiger partial charge < -0.3 is 9.84 Å². The maximum Gasteiger partial charge on any atom is 0.143 e. The van der Waals surface area contributed by atoms with Crippen LogP contribution in [0.1, 0.15) is 44.4 Å². The van der Waals surface area contributed by atoms with Crippen LogP contribution in [-0.2, 0) is 0 Å². The highest BCUT2D eigenvalue weighted by Gasteiger charge is 2.31. The number of nitrogens with zero attached hydrogens (tertiary/aromatic N) is 1. The standard InChI is InChI=1S/C14H21NO2/c1-3-10-6-7-11(9-10)14(16)13-12(17-2)5-4-8-15-13/h4-5,8,10-11,14,16H,3,6-7,9H2,1-2H3. The van der Waals surface area contributed by atoms with Crippen LogP contribution in [0.5, 0.6) is 5.75 Å². The van der Waals surface area contributed by atoms with Crippen LogP contribution in [0.15, 0.2) is 18.3 Å². The van der Waals surface area contributed by atoms with Crippen molar-refractivity contribution < 1.29 is 9.84 Å². The average Bonchev–Trinajstić information content (AvgIpc) is 2.86. The molecular formula is C14H21NO2. The normalized spacial score (nSPS) is 25.8. The van der Waals surface area contributed by atoms with Crippen molar-refractivity contribution >= 4 is 0 Å². The molecule has 1 aliphatic carbocycles. The van der Waals surface area contributed by atoms with Gasteiger partial charge in [0.05, 0.1) is 7.11 Å². The highest BCUT2D eigenvalue weighted by molar-refractivity contribution is 5.29. The minimum atomic E-state index is -0.484. The Bertz CT molecular complexity index is 367. The van der Waals surface area contributed by atoms with Gasteiger partial charge in [0.1, 0.15) is 17.5 Å². The Labute approximate surface area is 103 Å². The predicted octanol–water partition coefficient (Wildman–Crippen LogP) is 2.95. The zero-order valence-corrected chi connectivity index (χ0v) is 10.6. The van der Waals surface area contributed by atoms with Gasteiger partial charge in [-0.05, 0) is 36.8 Å². The number of hydrogen-bond acceptors (Lipinski definition) is 3. The molecule has 0 radical (unpaired) electrons. The average molecular weight is 235 g/mol. The SMILES string of the molecule is CCC1CCC(C(O)c2ncccc2OC)C1. The van der Waals surface area contributed by atoms with Crippen LogP contribution in [0, 0.1) is 11.8 Å². The second-order valence-electron chi connectivity index (χ2n) is 4.88. The lowest BCUT2D eigenvalue weighted by atomic mass is 9.95. The van der Waals surface area contributed by atoms with Crippen molar-refractivity contribution in [3.8, 4) is 5.75 Å². The van der Waals surface area contributed by atoms with Crippen LogP contribution < -0.4 is 4.74 Å². The third-order valence-electron chi connectivity index (χ3n) is 3.91. The molecule has 3 atom stereocenters. The molecule has 1 fully saturated rings. The van der Waals surface area contributed by atoms with E-state index in [1.54, 1.807) is 13.3 Å². The Kier molecular flexibility index (Phi) is 4.00. The van der Waals surface area contributed by atoms with E-state index in [9.17, 15) is 5.11 Å². The van der Waals surface area contributed by atoms with E-state index in [1.807, 2.05) is 12.1 Å². The smallest absolute Gasteiger partial charge is 0.143 e. The van der Waals surface area contributed by atoms with E-state index < -0.39 is 6.10 Å². The molecule has 1 heterocycles. The highest BCUT2D eigenvalue weighted by Crippen LogP contribution is 2.41. The van der Waals surface area contributed by atoms with E-state index in [0.29, 0.717) is 17.4 Å². The van der Waals surface area contributed by atoms with Gasteiger partial charge in [-0.2, -0.15) is 0 Å². The first-order valence-electron chi connectivity index (χ1n) is 6.43. The Morgan fingerprint density at radius 1 is 1.53 bits per heavy atom. The maximum absolute atomic E-state index is 10.4. The van der Waals surface area contributed by atoms with E-state index in [1.165, 1.54) is 12.8 Å². The van der Waals surface area contributed by atoms with Gasteiger partial charge in [-0.25, -0.2) is 0 Å². The Morgan fingerprint density at radius 2 is 2.35 bits per heavy atom. The summed E-state index contributed by atoms with van der Waals surface area (Å²) >= 11 is 0. The molecule has 3 nitrogen and oxygen atoms in total. The lowest BCUT2D eigenvalue weighted by Crippen LogP contribution is -2.12. The number of aromatic nitrogens is 1. The van der Waals surface area contributed by atoms with E-state index >= 15 is 0 Å². The highest BCUT2D eigenvalue weighted by atomic mass is 16.5. The zero-order chi connectivity index (χ0) is 12.3. The van der Waals surface area contributed by atoms with Crippen LogP contribution in [0.25, 0.3) is 0 Å². The number of aliphatic hydroxyl groups excluding tert-OH is 1.